The topological polar surface area (TPSA) is 52.6 Å². The molecule has 4 heteroatoms. The van der Waals surface area contributed by atoms with Gasteiger partial charge < -0.3 is 9.47 Å². The van der Waals surface area contributed by atoms with Crippen LogP contribution >= 0.6 is 0 Å². The van der Waals surface area contributed by atoms with Crippen LogP contribution in [0.5, 0.6) is 0 Å². The minimum Gasteiger partial charge on any atom is -0.465 e. The molecule has 0 atom stereocenters. The summed E-state index contributed by atoms with van der Waals surface area (Å²) in [4.78, 5) is 24.5. The second kappa shape index (κ2) is 9.94. The van der Waals surface area contributed by atoms with E-state index in [0.717, 1.165) is 0 Å². The third-order valence-electron chi connectivity index (χ3n) is 4.40. The van der Waals surface area contributed by atoms with Crippen molar-refractivity contribution in [1.82, 2.24) is 0 Å². The van der Waals surface area contributed by atoms with Gasteiger partial charge in [-0.05, 0) is 29.1 Å². The minimum absolute atomic E-state index is 0.181. The van der Waals surface area contributed by atoms with Gasteiger partial charge in [0, 0.05) is 0 Å². The molecule has 0 N–H and O–H groups in total. The van der Waals surface area contributed by atoms with Gasteiger partial charge in [0.2, 0.25) is 0 Å². The molecule has 0 aromatic rings. The highest BCUT2D eigenvalue weighted by atomic mass is 16.5. The van der Waals surface area contributed by atoms with E-state index >= 15 is 0 Å². The Kier molecular flexibility index (Phi) is 9.48. The Morgan fingerprint density at radius 2 is 1.00 bits per heavy atom. The van der Waals surface area contributed by atoms with Gasteiger partial charge in [0.1, 0.15) is 0 Å². The van der Waals surface area contributed by atoms with Crippen LogP contribution in [0, 0.1) is 29.1 Å². The Labute approximate surface area is 142 Å². The molecule has 0 radical (unpaired) electrons. The summed E-state index contributed by atoms with van der Waals surface area (Å²) in [7, 11) is 0. The molecule has 0 amide bonds. The predicted octanol–water partition coefficient (Wildman–Crippen LogP) is 4.46. The number of carbonyl (C=O) groups is 2. The first-order valence-corrected chi connectivity index (χ1v) is 8.82. The van der Waals surface area contributed by atoms with Crippen LogP contribution < -0.4 is 0 Å². The zero-order valence-corrected chi connectivity index (χ0v) is 16.3. The van der Waals surface area contributed by atoms with Gasteiger partial charge in [-0.2, -0.15) is 0 Å². The van der Waals surface area contributed by atoms with Crippen molar-refractivity contribution in [2.75, 3.05) is 13.2 Å². The molecule has 0 saturated carbocycles. The number of carbonyl (C=O) groups excluding carboxylic acids is 2. The van der Waals surface area contributed by atoms with E-state index in [1.54, 1.807) is 0 Å². The molecule has 23 heavy (non-hydrogen) atoms. The van der Waals surface area contributed by atoms with Gasteiger partial charge in [-0.3, -0.25) is 9.59 Å². The summed E-state index contributed by atoms with van der Waals surface area (Å²) < 4.78 is 10.7. The van der Waals surface area contributed by atoms with Crippen molar-refractivity contribution in [1.29, 1.82) is 0 Å². The smallest absolute Gasteiger partial charge is 0.306 e. The zero-order chi connectivity index (χ0) is 18.2. The highest BCUT2D eigenvalue weighted by Crippen LogP contribution is 2.43. The maximum Gasteiger partial charge on any atom is 0.306 e. The first-order chi connectivity index (χ1) is 10.5. The molecule has 0 aromatic heterocycles. The maximum absolute atomic E-state index is 12.2. The Hall–Kier alpha value is -1.06. The lowest BCUT2D eigenvalue weighted by Crippen LogP contribution is -2.39. The largest absolute Gasteiger partial charge is 0.465 e. The van der Waals surface area contributed by atoms with E-state index in [0.29, 0.717) is 25.0 Å². The van der Waals surface area contributed by atoms with E-state index in [2.05, 4.69) is 27.7 Å². The molecule has 0 saturated heterocycles. The van der Waals surface area contributed by atoms with Gasteiger partial charge in [-0.15, -0.1) is 0 Å². The molecule has 0 aliphatic heterocycles. The lowest BCUT2D eigenvalue weighted by atomic mass is 9.64. The van der Waals surface area contributed by atoms with Crippen molar-refractivity contribution in [3.05, 3.63) is 0 Å². The molecular weight excluding hydrogens is 292 g/mol. The first-order valence-electron chi connectivity index (χ1n) is 8.82. The van der Waals surface area contributed by atoms with E-state index in [-0.39, 0.29) is 36.6 Å². The summed E-state index contributed by atoms with van der Waals surface area (Å²) in [5.74, 6) is 0.529. The van der Waals surface area contributed by atoms with Crippen LogP contribution in [0.25, 0.3) is 0 Å². The Morgan fingerprint density at radius 3 is 1.22 bits per heavy atom. The molecular formula is C19H36O4. The van der Waals surface area contributed by atoms with E-state index in [4.69, 9.17) is 9.47 Å². The molecule has 0 fully saturated rings. The normalized spacial score (nSPS) is 12.3. The number of esters is 2. The predicted molar refractivity (Wildman–Crippen MR) is 92.9 cm³/mol. The van der Waals surface area contributed by atoms with Gasteiger partial charge >= 0.3 is 11.9 Å². The van der Waals surface area contributed by atoms with Gasteiger partial charge in [0.05, 0.1) is 26.1 Å². The summed E-state index contributed by atoms with van der Waals surface area (Å²) in [5.41, 5.74) is -0.428. The minimum atomic E-state index is -0.428. The summed E-state index contributed by atoms with van der Waals surface area (Å²) in [5, 5.41) is 0. The highest BCUT2D eigenvalue weighted by Gasteiger charge is 2.42. The molecule has 0 bridgehead atoms. The fourth-order valence-electron chi connectivity index (χ4n) is 2.70. The zero-order valence-electron chi connectivity index (χ0n) is 16.3. The van der Waals surface area contributed by atoms with Crippen LogP contribution in [0.3, 0.4) is 0 Å². The van der Waals surface area contributed by atoms with Crippen molar-refractivity contribution in [3.8, 4) is 0 Å². The van der Waals surface area contributed by atoms with Crippen LogP contribution in [0.4, 0.5) is 0 Å². The number of ether oxygens (including phenoxy) is 2. The standard InChI is InChI=1S/C19H36O4/c1-13(2)11-22-17(20)9-19(15(5)6,16(7)8)10-18(21)23-12-14(3)4/h13-16H,9-12H2,1-8H3. The monoisotopic (exact) mass is 328 g/mol. The summed E-state index contributed by atoms with van der Waals surface area (Å²) >= 11 is 0. The van der Waals surface area contributed by atoms with Gasteiger partial charge in [0.25, 0.3) is 0 Å². The number of hydrogen-bond donors (Lipinski definition) is 0. The van der Waals surface area contributed by atoms with Crippen LogP contribution in [0.2, 0.25) is 0 Å². The van der Waals surface area contributed by atoms with Gasteiger partial charge in [-0.1, -0.05) is 55.4 Å². The molecule has 0 aromatic carbocycles. The summed E-state index contributed by atoms with van der Waals surface area (Å²) in [6, 6.07) is 0. The maximum atomic E-state index is 12.2. The summed E-state index contributed by atoms with van der Waals surface area (Å²) in [6.45, 7) is 17.1. The third kappa shape index (κ3) is 7.85. The fourth-order valence-corrected chi connectivity index (χ4v) is 2.70. The van der Waals surface area contributed by atoms with E-state index in [1.807, 2.05) is 27.7 Å². The molecule has 0 spiro atoms. The van der Waals surface area contributed by atoms with Crippen LogP contribution in [-0.4, -0.2) is 25.2 Å². The summed E-state index contributed by atoms with van der Waals surface area (Å²) in [6.07, 6.45) is 0.512. The first kappa shape index (κ1) is 21.9. The lowest BCUT2D eigenvalue weighted by molar-refractivity contribution is -0.155. The van der Waals surface area contributed by atoms with Gasteiger partial charge in [0.15, 0.2) is 0 Å². The molecule has 0 aliphatic rings. The van der Waals surface area contributed by atoms with Crippen molar-refractivity contribution >= 4 is 11.9 Å². The van der Waals surface area contributed by atoms with Crippen molar-refractivity contribution in [3.63, 3.8) is 0 Å². The highest BCUT2D eigenvalue weighted by molar-refractivity contribution is 5.74. The Bertz CT molecular complexity index is 334. The van der Waals surface area contributed by atoms with E-state index in [1.165, 1.54) is 0 Å². The molecule has 0 aliphatic carbocycles. The van der Waals surface area contributed by atoms with Crippen molar-refractivity contribution in [2.24, 2.45) is 29.1 Å². The van der Waals surface area contributed by atoms with Crippen molar-refractivity contribution in [2.45, 2.75) is 68.2 Å². The average molecular weight is 328 g/mol. The second-order valence-corrected chi connectivity index (χ2v) is 8.05. The Morgan fingerprint density at radius 1 is 0.696 bits per heavy atom. The average Bonchev–Trinajstić information content (AvgIpc) is 2.41. The van der Waals surface area contributed by atoms with Gasteiger partial charge in [-0.25, -0.2) is 0 Å². The fraction of sp³-hybridized carbons (Fsp3) is 0.895. The quantitative estimate of drug-likeness (QED) is 0.555. The van der Waals surface area contributed by atoms with Crippen molar-refractivity contribution < 1.29 is 19.1 Å². The number of rotatable bonds is 10. The molecule has 0 heterocycles. The van der Waals surface area contributed by atoms with Crippen LogP contribution in [-0.2, 0) is 19.1 Å². The Balaban J connectivity index is 5.02. The second-order valence-electron chi connectivity index (χ2n) is 8.05. The van der Waals surface area contributed by atoms with Crippen LogP contribution in [0.1, 0.15) is 68.2 Å². The number of hydrogen-bond acceptors (Lipinski definition) is 4. The molecule has 0 unspecified atom stereocenters. The third-order valence-corrected chi connectivity index (χ3v) is 4.40. The van der Waals surface area contributed by atoms with Crippen LogP contribution in [0.15, 0.2) is 0 Å². The molecule has 0 rings (SSSR count). The lowest BCUT2D eigenvalue weighted by Gasteiger charge is -2.40. The molecule has 4 nitrogen and oxygen atoms in total. The van der Waals surface area contributed by atoms with E-state index in [9.17, 15) is 9.59 Å². The SMILES string of the molecule is CC(C)COC(=O)CC(CC(=O)OCC(C)C)(C(C)C)C(C)C. The van der Waals surface area contributed by atoms with E-state index < -0.39 is 5.41 Å². The molecule has 136 valence electrons.